The summed E-state index contributed by atoms with van der Waals surface area (Å²) in [6.07, 6.45) is 4.07. The molecular weight excluding hydrogens is 424 g/mol. The minimum absolute atomic E-state index is 0.00141. The van der Waals surface area contributed by atoms with Gasteiger partial charge in [-0.05, 0) is 24.3 Å². The van der Waals surface area contributed by atoms with Crippen LogP contribution in [-0.2, 0) is 15.0 Å². The number of para-hydroxylation sites is 1. The number of rotatable bonds is 8. The summed E-state index contributed by atoms with van der Waals surface area (Å²) >= 11 is 0. The van der Waals surface area contributed by atoms with Crippen LogP contribution in [-0.4, -0.2) is 60.9 Å². The van der Waals surface area contributed by atoms with Crippen molar-refractivity contribution in [1.82, 2.24) is 18.9 Å². The lowest BCUT2D eigenvalue weighted by Crippen LogP contribution is -2.36. The maximum Gasteiger partial charge on any atom is 0.307 e. The summed E-state index contributed by atoms with van der Waals surface area (Å²) in [4.78, 5) is 25.0. The zero-order chi connectivity index (χ0) is 22.6. The Kier molecular flexibility index (Phi) is 6.59. The highest BCUT2D eigenvalue weighted by Gasteiger charge is 2.22. The summed E-state index contributed by atoms with van der Waals surface area (Å²) in [5.74, 6) is -1.31. The molecule has 0 saturated heterocycles. The van der Waals surface area contributed by atoms with Gasteiger partial charge in [0, 0.05) is 37.8 Å². The van der Waals surface area contributed by atoms with Crippen LogP contribution in [0.4, 0.5) is 0 Å². The van der Waals surface area contributed by atoms with E-state index in [1.165, 1.54) is 44.8 Å². The van der Waals surface area contributed by atoms with Crippen molar-refractivity contribution in [1.29, 1.82) is 0 Å². The minimum atomic E-state index is -3.83. The molecule has 0 unspecified atom stereocenters. The second-order valence-corrected chi connectivity index (χ2v) is 8.68. The van der Waals surface area contributed by atoms with E-state index in [1.54, 1.807) is 24.3 Å². The van der Waals surface area contributed by atoms with Crippen molar-refractivity contribution in [3.63, 3.8) is 0 Å². The van der Waals surface area contributed by atoms with Gasteiger partial charge in [-0.1, -0.05) is 18.2 Å². The predicted molar refractivity (Wildman–Crippen MR) is 114 cm³/mol. The Balaban J connectivity index is 2.11. The van der Waals surface area contributed by atoms with E-state index in [1.807, 2.05) is 0 Å². The highest BCUT2D eigenvalue weighted by atomic mass is 32.2. The lowest BCUT2D eigenvalue weighted by atomic mass is 10.1. The molecule has 0 saturated carbocycles. The highest BCUT2D eigenvalue weighted by Crippen LogP contribution is 2.25. The van der Waals surface area contributed by atoms with Gasteiger partial charge in [-0.25, -0.2) is 3.97 Å². The summed E-state index contributed by atoms with van der Waals surface area (Å²) in [6.45, 7) is -0.310. The smallest absolute Gasteiger partial charge is 0.307 e. The molecule has 0 atom stereocenters. The summed E-state index contributed by atoms with van der Waals surface area (Å²) in [5, 5.41) is 14.5. The first-order chi connectivity index (χ1) is 14.8. The van der Waals surface area contributed by atoms with Gasteiger partial charge >= 0.3 is 10.2 Å². The third kappa shape index (κ3) is 4.68. The maximum atomic E-state index is 12.7. The molecule has 3 aromatic rings. The molecule has 0 aliphatic heterocycles. The van der Waals surface area contributed by atoms with E-state index < -0.39 is 22.0 Å². The average Bonchev–Trinajstić information content (AvgIpc) is 3.40. The van der Waals surface area contributed by atoms with Gasteiger partial charge in [0.15, 0.2) is 5.76 Å². The van der Waals surface area contributed by atoms with E-state index in [0.29, 0.717) is 16.5 Å². The van der Waals surface area contributed by atoms with Crippen molar-refractivity contribution in [2.75, 3.05) is 27.2 Å². The summed E-state index contributed by atoms with van der Waals surface area (Å²) in [7, 11) is -0.999. The van der Waals surface area contributed by atoms with Gasteiger partial charge in [-0.2, -0.15) is 12.7 Å². The number of aliphatic hydroxyl groups is 1. The van der Waals surface area contributed by atoms with Crippen LogP contribution < -0.4 is 10.6 Å². The fourth-order valence-corrected chi connectivity index (χ4v) is 3.83. The standard InChI is InChI=1S/C20H22N4O6S/c1-23(2)31(28,29)24-13-14(15-6-3-4-7-17(15)24)12-16(19(26)21-9-10-25)22-20(27)18-8-5-11-30-18/h3-8,11-13,25H,9-10H2,1-2H3,(H,21,26)(H,22,27)/b16-12+. The first-order valence-electron chi connectivity index (χ1n) is 9.24. The van der Waals surface area contributed by atoms with E-state index in [2.05, 4.69) is 10.6 Å². The zero-order valence-corrected chi connectivity index (χ0v) is 17.7. The molecule has 2 amide bonds. The molecule has 2 heterocycles. The molecule has 0 aliphatic rings. The quantitative estimate of drug-likeness (QED) is 0.438. The number of carbonyl (C=O) groups excluding carboxylic acids is 2. The largest absolute Gasteiger partial charge is 0.459 e. The van der Waals surface area contributed by atoms with Crippen molar-refractivity contribution < 1.29 is 27.5 Å². The fraction of sp³-hybridized carbons (Fsp3) is 0.200. The van der Waals surface area contributed by atoms with Gasteiger partial charge in [0.25, 0.3) is 11.8 Å². The lowest BCUT2D eigenvalue weighted by Gasteiger charge is -2.13. The third-order valence-corrected chi connectivity index (χ3v) is 6.08. The Bertz CT molecular complexity index is 1230. The van der Waals surface area contributed by atoms with E-state index >= 15 is 0 Å². The van der Waals surface area contributed by atoms with Gasteiger partial charge < -0.3 is 20.2 Å². The number of hydrogen-bond acceptors (Lipinski definition) is 6. The van der Waals surface area contributed by atoms with Crippen LogP contribution in [0.15, 0.2) is 59.0 Å². The molecule has 11 heteroatoms. The van der Waals surface area contributed by atoms with Gasteiger partial charge in [0.1, 0.15) is 5.70 Å². The molecule has 10 nitrogen and oxygen atoms in total. The third-order valence-electron chi connectivity index (χ3n) is 4.35. The Morgan fingerprint density at radius 1 is 1.19 bits per heavy atom. The molecule has 0 bridgehead atoms. The molecule has 0 aliphatic carbocycles. The minimum Gasteiger partial charge on any atom is -0.459 e. The number of amides is 2. The molecular formula is C20H22N4O6S. The molecule has 164 valence electrons. The molecule has 1 aromatic carbocycles. The normalized spacial score (nSPS) is 12.3. The summed E-state index contributed by atoms with van der Waals surface area (Å²) < 4.78 is 32.7. The molecule has 0 radical (unpaired) electrons. The highest BCUT2D eigenvalue weighted by molar-refractivity contribution is 7.87. The lowest BCUT2D eigenvalue weighted by molar-refractivity contribution is -0.117. The van der Waals surface area contributed by atoms with Gasteiger partial charge in [0.2, 0.25) is 0 Å². The number of carbonyl (C=O) groups is 2. The number of fused-ring (bicyclic) bond motifs is 1. The number of benzene rings is 1. The molecule has 0 fully saturated rings. The zero-order valence-electron chi connectivity index (χ0n) is 16.9. The molecule has 31 heavy (non-hydrogen) atoms. The second kappa shape index (κ2) is 9.16. The van der Waals surface area contributed by atoms with Gasteiger partial charge in [-0.15, -0.1) is 0 Å². The van der Waals surface area contributed by atoms with Crippen LogP contribution in [0.3, 0.4) is 0 Å². The number of furan rings is 1. The van der Waals surface area contributed by atoms with Crippen molar-refractivity contribution in [2.45, 2.75) is 0 Å². The molecule has 0 spiro atoms. The van der Waals surface area contributed by atoms with Crippen LogP contribution in [0.1, 0.15) is 16.1 Å². The Hall–Kier alpha value is -3.41. The number of nitrogens with zero attached hydrogens (tertiary/aromatic N) is 2. The first kappa shape index (κ1) is 22.3. The fourth-order valence-electron chi connectivity index (χ4n) is 2.83. The molecule has 3 N–H and O–H groups in total. The van der Waals surface area contributed by atoms with Crippen LogP contribution in [0.2, 0.25) is 0 Å². The van der Waals surface area contributed by atoms with Crippen molar-refractivity contribution in [2.24, 2.45) is 0 Å². The number of nitrogens with one attached hydrogen (secondary N) is 2. The van der Waals surface area contributed by atoms with Crippen LogP contribution in [0.25, 0.3) is 17.0 Å². The van der Waals surface area contributed by atoms with E-state index in [-0.39, 0.29) is 24.6 Å². The predicted octanol–water partition coefficient (Wildman–Crippen LogP) is 0.768. The summed E-state index contributed by atoms with van der Waals surface area (Å²) in [6, 6.07) is 9.75. The van der Waals surface area contributed by atoms with Crippen molar-refractivity contribution in [3.05, 3.63) is 65.9 Å². The van der Waals surface area contributed by atoms with Gasteiger partial charge in [-0.3, -0.25) is 9.59 Å². The number of hydrogen-bond donors (Lipinski definition) is 3. The Morgan fingerprint density at radius 3 is 2.58 bits per heavy atom. The maximum absolute atomic E-state index is 12.7. The van der Waals surface area contributed by atoms with Crippen LogP contribution in [0, 0.1) is 0 Å². The SMILES string of the molecule is CN(C)S(=O)(=O)n1cc(/C=C(/NC(=O)c2ccco2)C(=O)NCCO)c2ccccc21. The van der Waals surface area contributed by atoms with Crippen LogP contribution in [0.5, 0.6) is 0 Å². The van der Waals surface area contributed by atoms with Gasteiger partial charge in [0.05, 0.1) is 18.4 Å². The Labute approximate surface area is 178 Å². The molecule has 2 aromatic heterocycles. The number of aromatic nitrogens is 1. The summed E-state index contributed by atoms with van der Waals surface area (Å²) in [5.41, 5.74) is 0.671. The Morgan fingerprint density at radius 2 is 1.94 bits per heavy atom. The van der Waals surface area contributed by atoms with E-state index in [9.17, 15) is 18.0 Å². The van der Waals surface area contributed by atoms with Crippen molar-refractivity contribution >= 4 is 39.0 Å². The van der Waals surface area contributed by atoms with E-state index in [4.69, 9.17) is 9.52 Å². The monoisotopic (exact) mass is 446 g/mol. The first-order valence-corrected chi connectivity index (χ1v) is 10.6. The van der Waals surface area contributed by atoms with Crippen LogP contribution >= 0.6 is 0 Å². The average molecular weight is 446 g/mol. The van der Waals surface area contributed by atoms with E-state index in [0.717, 1.165) is 8.28 Å². The second-order valence-electron chi connectivity index (χ2n) is 6.66. The number of aliphatic hydroxyl groups excluding tert-OH is 1. The van der Waals surface area contributed by atoms with Crippen molar-refractivity contribution in [3.8, 4) is 0 Å². The topological polar surface area (TPSA) is 134 Å². The molecule has 3 rings (SSSR count).